The van der Waals surface area contributed by atoms with Gasteiger partial charge in [-0.1, -0.05) is 13.0 Å². The molecule has 0 aliphatic carbocycles. The van der Waals surface area contributed by atoms with Gasteiger partial charge in [-0.15, -0.1) is 0 Å². The van der Waals surface area contributed by atoms with E-state index in [-0.39, 0.29) is 11.5 Å². The highest BCUT2D eigenvalue weighted by Crippen LogP contribution is 2.24. The number of halogens is 6. The maximum absolute atomic E-state index is 12.8. The Morgan fingerprint density at radius 3 is 2.22 bits per heavy atom. The van der Waals surface area contributed by atoms with Crippen molar-refractivity contribution in [3.63, 3.8) is 0 Å². The summed E-state index contributed by atoms with van der Waals surface area (Å²) in [5.41, 5.74) is 0.866. The Balaban J connectivity index is 2.40. The number of aromatic nitrogens is 4. The predicted octanol–water partition coefficient (Wildman–Crippen LogP) is 3.83. The lowest BCUT2D eigenvalue weighted by atomic mass is 10.2. The Kier molecular flexibility index (Phi) is 6.06. The average molecular weight is 394 g/mol. The molecule has 2 rings (SSSR count). The maximum Gasteiger partial charge on any atom is 0.408 e. The van der Waals surface area contributed by atoms with Gasteiger partial charge in [-0.2, -0.15) is 41.3 Å². The van der Waals surface area contributed by atoms with Crippen molar-refractivity contribution in [2.75, 3.05) is 17.2 Å². The molecule has 0 saturated carbocycles. The number of rotatable bonds is 6. The van der Waals surface area contributed by atoms with Crippen LogP contribution in [0.3, 0.4) is 0 Å². The molecule has 2 aromatic heterocycles. The van der Waals surface area contributed by atoms with Crippen LogP contribution in [0.2, 0.25) is 0 Å². The molecular formula is C15H16F6N6. The summed E-state index contributed by atoms with van der Waals surface area (Å²) in [6.45, 7) is 1.23. The van der Waals surface area contributed by atoms with E-state index >= 15 is 0 Å². The molecule has 12 heteroatoms. The molecule has 148 valence electrons. The number of hydrogen-bond donors (Lipinski definition) is 2. The lowest BCUT2D eigenvalue weighted by Crippen LogP contribution is -2.34. The fraction of sp³-hybridized carbons (Fsp3) is 0.467. The van der Waals surface area contributed by atoms with Gasteiger partial charge >= 0.3 is 12.4 Å². The molecule has 2 N–H and O–H groups in total. The zero-order valence-corrected chi connectivity index (χ0v) is 14.3. The van der Waals surface area contributed by atoms with Crippen LogP contribution in [-0.2, 0) is 6.42 Å². The first kappa shape index (κ1) is 20.6. The minimum atomic E-state index is -4.59. The van der Waals surface area contributed by atoms with Gasteiger partial charge in [0, 0.05) is 5.69 Å². The van der Waals surface area contributed by atoms with Gasteiger partial charge in [-0.25, -0.2) is 4.98 Å². The van der Waals surface area contributed by atoms with E-state index in [1.165, 1.54) is 6.07 Å². The van der Waals surface area contributed by atoms with Gasteiger partial charge in [-0.3, -0.25) is 0 Å². The Labute approximate surface area is 150 Å². The van der Waals surface area contributed by atoms with Gasteiger partial charge in [0.1, 0.15) is 18.3 Å². The molecular weight excluding hydrogens is 378 g/mol. The molecule has 0 bridgehead atoms. The van der Waals surface area contributed by atoms with Crippen LogP contribution in [0.25, 0.3) is 11.5 Å². The third kappa shape index (κ3) is 6.22. The summed E-state index contributed by atoms with van der Waals surface area (Å²) in [5, 5.41) is 3.96. The zero-order chi connectivity index (χ0) is 20.2. The molecule has 0 aromatic carbocycles. The minimum Gasteiger partial charge on any atom is -0.345 e. The number of pyridine rings is 1. The van der Waals surface area contributed by atoms with Crippen LogP contribution in [-0.4, -0.2) is 44.9 Å². The minimum absolute atomic E-state index is 0.151. The largest absolute Gasteiger partial charge is 0.408 e. The van der Waals surface area contributed by atoms with E-state index in [1.54, 1.807) is 12.1 Å². The number of anilines is 2. The molecule has 0 aliphatic rings. The molecule has 0 amide bonds. The molecule has 27 heavy (non-hydrogen) atoms. The van der Waals surface area contributed by atoms with Gasteiger partial charge in [0.15, 0.2) is 5.82 Å². The quantitative estimate of drug-likeness (QED) is 0.726. The molecule has 0 radical (unpaired) electrons. The molecule has 1 unspecified atom stereocenters. The van der Waals surface area contributed by atoms with E-state index in [2.05, 4.69) is 19.9 Å². The highest BCUT2D eigenvalue weighted by Gasteiger charge is 2.36. The first-order valence-corrected chi connectivity index (χ1v) is 7.84. The highest BCUT2D eigenvalue weighted by atomic mass is 19.4. The van der Waals surface area contributed by atoms with E-state index in [0.717, 1.165) is 6.92 Å². The Morgan fingerprint density at radius 2 is 1.63 bits per heavy atom. The fourth-order valence-electron chi connectivity index (χ4n) is 1.89. The summed E-state index contributed by atoms with van der Waals surface area (Å²) in [7, 11) is 0. The van der Waals surface area contributed by atoms with Gasteiger partial charge < -0.3 is 10.6 Å². The van der Waals surface area contributed by atoms with E-state index < -0.39 is 36.8 Å². The molecule has 0 fully saturated rings. The Bertz CT molecular complexity index is 776. The lowest BCUT2D eigenvalue weighted by Gasteiger charge is -2.18. The van der Waals surface area contributed by atoms with Crippen molar-refractivity contribution in [1.29, 1.82) is 0 Å². The molecule has 2 aromatic rings. The predicted molar refractivity (Wildman–Crippen MR) is 86.1 cm³/mol. The van der Waals surface area contributed by atoms with E-state index in [9.17, 15) is 26.3 Å². The molecule has 0 spiro atoms. The van der Waals surface area contributed by atoms with Crippen LogP contribution in [0.4, 0.5) is 38.2 Å². The highest BCUT2D eigenvalue weighted by molar-refractivity contribution is 5.54. The van der Waals surface area contributed by atoms with Crippen LogP contribution in [0.15, 0.2) is 18.2 Å². The number of alkyl halides is 6. The monoisotopic (exact) mass is 394 g/mol. The average Bonchev–Trinajstić information content (AvgIpc) is 2.58. The second-order valence-corrected chi connectivity index (χ2v) is 5.55. The van der Waals surface area contributed by atoms with Crippen LogP contribution in [0, 0.1) is 0 Å². The van der Waals surface area contributed by atoms with E-state index in [1.807, 2.05) is 17.6 Å². The van der Waals surface area contributed by atoms with Crippen LogP contribution in [0.5, 0.6) is 0 Å². The number of nitrogens with one attached hydrogen (secondary N) is 2. The molecule has 1 atom stereocenters. The Morgan fingerprint density at radius 1 is 0.963 bits per heavy atom. The summed E-state index contributed by atoms with van der Waals surface area (Å²) >= 11 is 0. The first-order valence-electron chi connectivity index (χ1n) is 7.84. The SMILES string of the molecule is CCc1cccc(-c2nc(NCC(F)(F)F)nc(NC(C)C(F)(F)F)n2)n1. The van der Waals surface area contributed by atoms with Crippen molar-refractivity contribution in [3.05, 3.63) is 23.9 Å². The van der Waals surface area contributed by atoms with Crippen molar-refractivity contribution >= 4 is 11.9 Å². The van der Waals surface area contributed by atoms with Crippen LogP contribution in [0.1, 0.15) is 19.5 Å². The van der Waals surface area contributed by atoms with Crippen LogP contribution >= 0.6 is 0 Å². The summed E-state index contributed by atoms with van der Waals surface area (Å²) in [6.07, 6.45) is -8.57. The first-order chi connectivity index (χ1) is 12.5. The topological polar surface area (TPSA) is 75.6 Å². The normalized spacial score (nSPS) is 13.3. The van der Waals surface area contributed by atoms with Crippen molar-refractivity contribution in [2.24, 2.45) is 0 Å². The fourth-order valence-corrected chi connectivity index (χ4v) is 1.89. The summed E-state index contributed by atoms with van der Waals surface area (Å²) in [6, 6.07) is 2.84. The third-order valence-corrected chi connectivity index (χ3v) is 3.32. The maximum atomic E-state index is 12.8. The number of hydrogen-bond acceptors (Lipinski definition) is 6. The Hall–Kier alpha value is -2.66. The van der Waals surface area contributed by atoms with Gasteiger partial charge in [0.25, 0.3) is 0 Å². The van der Waals surface area contributed by atoms with Gasteiger partial charge in [0.05, 0.1) is 0 Å². The van der Waals surface area contributed by atoms with Crippen molar-refractivity contribution < 1.29 is 26.3 Å². The standard InChI is InChI=1S/C15H16F6N6/c1-3-9-5-4-6-10(24-9)11-25-12(22-7-14(16,17)18)27-13(26-11)23-8(2)15(19,20)21/h4-6,8H,3,7H2,1-2H3,(H2,22,23,25,26,27). The molecule has 6 nitrogen and oxygen atoms in total. The zero-order valence-electron chi connectivity index (χ0n) is 14.3. The second kappa shape index (κ2) is 7.92. The number of aryl methyl sites for hydroxylation is 1. The third-order valence-electron chi connectivity index (χ3n) is 3.32. The summed E-state index contributed by atoms with van der Waals surface area (Å²) < 4.78 is 75.5. The molecule has 2 heterocycles. The summed E-state index contributed by atoms with van der Waals surface area (Å²) in [5.74, 6) is -1.18. The van der Waals surface area contributed by atoms with Gasteiger partial charge in [0.2, 0.25) is 11.9 Å². The van der Waals surface area contributed by atoms with Crippen molar-refractivity contribution in [2.45, 2.75) is 38.7 Å². The van der Waals surface area contributed by atoms with Crippen molar-refractivity contribution in [3.8, 4) is 11.5 Å². The number of nitrogens with zero attached hydrogens (tertiary/aromatic N) is 4. The van der Waals surface area contributed by atoms with E-state index in [0.29, 0.717) is 12.1 Å². The molecule has 0 aliphatic heterocycles. The van der Waals surface area contributed by atoms with E-state index in [4.69, 9.17) is 0 Å². The summed E-state index contributed by atoms with van der Waals surface area (Å²) in [4.78, 5) is 15.5. The van der Waals surface area contributed by atoms with Crippen molar-refractivity contribution in [1.82, 2.24) is 19.9 Å². The smallest absolute Gasteiger partial charge is 0.345 e. The second-order valence-electron chi connectivity index (χ2n) is 5.55. The molecule has 0 saturated heterocycles. The lowest BCUT2D eigenvalue weighted by molar-refractivity contribution is -0.138. The van der Waals surface area contributed by atoms with Crippen LogP contribution < -0.4 is 10.6 Å². The van der Waals surface area contributed by atoms with Gasteiger partial charge in [-0.05, 0) is 25.5 Å².